The lowest BCUT2D eigenvalue weighted by Crippen LogP contribution is -2.59. The molecular formula is C31H49NO8. The largest absolute Gasteiger partial charge is 0.477 e. The number of nitrogens with one attached hydrogen (secondary N) is 1. The Hall–Kier alpha value is -2.94. The standard InChI is InChI=1S/C31H49NO8/c1-8-12-13-14-27(33)40-31(30(36)37,32-23(7)11-4)20-24-15-16-25(38-28(34)17-21(5)9-2)26(19-24)39-29(35)18-22(6)10-3/h15-16,19,21-23,32H,8-14,17-18,20H2,1-7H3,(H,36,37)/t21?,22?,23?,31-/m0/s1. The van der Waals surface area contributed by atoms with Gasteiger partial charge in [-0.15, -0.1) is 0 Å². The minimum absolute atomic E-state index is 0.0143. The predicted octanol–water partition coefficient (Wildman–Crippen LogP) is 6.20. The summed E-state index contributed by atoms with van der Waals surface area (Å²) < 4.78 is 16.8. The summed E-state index contributed by atoms with van der Waals surface area (Å²) in [6.07, 6.45) is 4.79. The molecule has 0 aliphatic carbocycles. The monoisotopic (exact) mass is 563 g/mol. The van der Waals surface area contributed by atoms with Crippen LogP contribution in [-0.4, -0.2) is 40.8 Å². The molecule has 0 bridgehead atoms. The van der Waals surface area contributed by atoms with Crippen LogP contribution in [0.4, 0.5) is 0 Å². The Morgan fingerprint density at radius 2 is 1.40 bits per heavy atom. The summed E-state index contributed by atoms with van der Waals surface area (Å²) in [5.41, 5.74) is -1.61. The number of ether oxygens (including phenoxy) is 3. The van der Waals surface area contributed by atoms with Gasteiger partial charge >= 0.3 is 23.9 Å². The number of hydrogen-bond acceptors (Lipinski definition) is 8. The maximum absolute atomic E-state index is 12.7. The number of hydrogen-bond donors (Lipinski definition) is 2. The van der Waals surface area contributed by atoms with E-state index in [9.17, 15) is 24.3 Å². The third kappa shape index (κ3) is 12.1. The van der Waals surface area contributed by atoms with E-state index < -0.39 is 29.6 Å². The molecule has 40 heavy (non-hydrogen) atoms. The van der Waals surface area contributed by atoms with Crippen molar-refractivity contribution in [3.8, 4) is 11.5 Å². The van der Waals surface area contributed by atoms with Crippen molar-refractivity contribution in [3.05, 3.63) is 23.8 Å². The van der Waals surface area contributed by atoms with Gasteiger partial charge in [0.1, 0.15) is 0 Å². The van der Waals surface area contributed by atoms with E-state index in [0.717, 1.165) is 25.7 Å². The molecule has 0 fully saturated rings. The van der Waals surface area contributed by atoms with Crippen molar-refractivity contribution in [2.45, 2.75) is 124 Å². The van der Waals surface area contributed by atoms with Crippen LogP contribution in [0.15, 0.2) is 18.2 Å². The highest BCUT2D eigenvalue weighted by Gasteiger charge is 2.44. The van der Waals surface area contributed by atoms with Gasteiger partial charge in [-0.05, 0) is 49.3 Å². The van der Waals surface area contributed by atoms with Crippen LogP contribution in [0.1, 0.15) is 112 Å². The van der Waals surface area contributed by atoms with Gasteiger partial charge in [-0.1, -0.05) is 73.3 Å². The molecule has 0 aliphatic heterocycles. The molecule has 226 valence electrons. The Bertz CT molecular complexity index is 978. The molecule has 1 aromatic rings. The van der Waals surface area contributed by atoms with Gasteiger partial charge in [-0.2, -0.15) is 0 Å². The molecule has 0 heterocycles. The fraction of sp³-hybridized carbons (Fsp3) is 0.677. The first kappa shape index (κ1) is 35.1. The number of benzene rings is 1. The third-order valence-corrected chi connectivity index (χ3v) is 7.04. The smallest absolute Gasteiger partial charge is 0.364 e. The van der Waals surface area contributed by atoms with Gasteiger partial charge in [0.2, 0.25) is 0 Å². The van der Waals surface area contributed by atoms with Crippen LogP contribution in [0.2, 0.25) is 0 Å². The van der Waals surface area contributed by atoms with E-state index in [1.54, 1.807) is 6.07 Å². The maximum atomic E-state index is 12.7. The number of carbonyl (C=O) groups is 4. The molecule has 0 amide bonds. The minimum atomic E-state index is -2.04. The van der Waals surface area contributed by atoms with Crippen LogP contribution in [0.25, 0.3) is 0 Å². The Balaban J connectivity index is 3.42. The number of esters is 3. The molecule has 0 aliphatic rings. The quantitative estimate of drug-likeness (QED) is 0.0874. The number of aliphatic carboxylic acids is 1. The van der Waals surface area contributed by atoms with Crippen LogP contribution in [-0.2, 0) is 30.3 Å². The molecule has 1 rings (SSSR count). The summed E-state index contributed by atoms with van der Waals surface area (Å²) in [6, 6.07) is 4.27. The second kappa shape index (κ2) is 17.7. The predicted molar refractivity (Wildman–Crippen MR) is 153 cm³/mol. The van der Waals surface area contributed by atoms with Crippen LogP contribution < -0.4 is 14.8 Å². The normalized spacial score (nSPS) is 14.9. The van der Waals surface area contributed by atoms with Gasteiger partial charge in [-0.3, -0.25) is 19.7 Å². The molecule has 0 saturated carbocycles. The number of carbonyl (C=O) groups excluding carboxylic acids is 3. The second-order valence-electron chi connectivity index (χ2n) is 10.9. The molecule has 9 nitrogen and oxygen atoms in total. The topological polar surface area (TPSA) is 128 Å². The zero-order chi connectivity index (χ0) is 30.3. The van der Waals surface area contributed by atoms with E-state index in [0.29, 0.717) is 18.4 Å². The highest BCUT2D eigenvalue weighted by molar-refractivity contribution is 5.82. The third-order valence-electron chi connectivity index (χ3n) is 7.04. The Kier molecular flexibility index (Phi) is 15.5. The first-order valence-corrected chi connectivity index (χ1v) is 14.7. The van der Waals surface area contributed by atoms with Crippen molar-refractivity contribution in [2.75, 3.05) is 0 Å². The van der Waals surface area contributed by atoms with Gasteiger partial charge in [0.15, 0.2) is 11.5 Å². The second-order valence-corrected chi connectivity index (χ2v) is 10.9. The molecule has 2 N–H and O–H groups in total. The van der Waals surface area contributed by atoms with Crippen LogP contribution in [0, 0.1) is 11.8 Å². The zero-order valence-corrected chi connectivity index (χ0v) is 25.3. The van der Waals surface area contributed by atoms with Crippen LogP contribution in [0.3, 0.4) is 0 Å². The number of unbranched alkanes of at least 4 members (excludes halogenated alkanes) is 2. The van der Waals surface area contributed by atoms with Crippen molar-refractivity contribution < 1.29 is 38.5 Å². The SMILES string of the molecule is CCCCCC(=O)O[C@](Cc1ccc(OC(=O)CC(C)CC)c(OC(=O)CC(C)CC)c1)(NC(C)CC)C(=O)O. The average Bonchev–Trinajstić information content (AvgIpc) is 2.89. The summed E-state index contributed by atoms with van der Waals surface area (Å²) >= 11 is 0. The van der Waals surface area contributed by atoms with Gasteiger partial charge in [0.05, 0.1) is 0 Å². The lowest BCUT2D eigenvalue weighted by Gasteiger charge is -2.33. The first-order chi connectivity index (χ1) is 18.9. The molecule has 0 radical (unpaired) electrons. The zero-order valence-electron chi connectivity index (χ0n) is 25.3. The Morgan fingerprint density at radius 1 is 0.825 bits per heavy atom. The number of rotatable bonds is 19. The van der Waals surface area contributed by atoms with Crippen molar-refractivity contribution in [1.29, 1.82) is 0 Å². The first-order valence-electron chi connectivity index (χ1n) is 14.7. The number of carboxylic acids is 1. The van der Waals surface area contributed by atoms with Crippen molar-refractivity contribution >= 4 is 23.9 Å². The fourth-order valence-electron chi connectivity index (χ4n) is 3.86. The van der Waals surface area contributed by atoms with E-state index in [-0.39, 0.29) is 55.1 Å². The lowest BCUT2D eigenvalue weighted by molar-refractivity contribution is -0.184. The molecule has 3 unspecified atom stereocenters. The van der Waals surface area contributed by atoms with Crippen molar-refractivity contribution in [2.24, 2.45) is 11.8 Å². The molecule has 0 aromatic heterocycles. The van der Waals surface area contributed by atoms with Crippen LogP contribution >= 0.6 is 0 Å². The molecule has 1 aromatic carbocycles. The summed E-state index contributed by atoms with van der Waals surface area (Å²) in [4.78, 5) is 50.5. The average molecular weight is 564 g/mol. The lowest BCUT2D eigenvalue weighted by atomic mass is 10.00. The van der Waals surface area contributed by atoms with Gasteiger partial charge in [0.25, 0.3) is 5.72 Å². The fourth-order valence-corrected chi connectivity index (χ4v) is 3.86. The molecule has 0 saturated heterocycles. The van der Waals surface area contributed by atoms with Crippen molar-refractivity contribution in [1.82, 2.24) is 5.32 Å². The maximum Gasteiger partial charge on any atom is 0.364 e. The highest BCUT2D eigenvalue weighted by Crippen LogP contribution is 2.32. The Morgan fingerprint density at radius 3 is 1.90 bits per heavy atom. The summed E-state index contributed by atoms with van der Waals surface area (Å²) in [5, 5.41) is 13.3. The van der Waals surface area contributed by atoms with Crippen LogP contribution in [0.5, 0.6) is 11.5 Å². The highest BCUT2D eigenvalue weighted by atomic mass is 16.6. The summed E-state index contributed by atoms with van der Waals surface area (Å²) in [7, 11) is 0. The molecule has 4 atom stereocenters. The van der Waals surface area contributed by atoms with Gasteiger partial charge in [0, 0.05) is 31.7 Å². The number of carboxylic acid groups (broad SMARTS) is 1. The van der Waals surface area contributed by atoms with E-state index in [1.807, 2.05) is 48.5 Å². The summed E-state index contributed by atoms with van der Waals surface area (Å²) in [5.74, 6) is -2.59. The Labute approximate surface area is 239 Å². The van der Waals surface area contributed by atoms with E-state index in [2.05, 4.69) is 5.32 Å². The molecular weight excluding hydrogens is 514 g/mol. The van der Waals surface area contributed by atoms with Gasteiger partial charge in [-0.25, -0.2) is 4.79 Å². The molecule has 0 spiro atoms. The van der Waals surface area contributed by atoms with E-state index in [4.69, 9.17) is 14.2 Å². The van der Waals surface area contributed by atoms with E-state index >= 15 is 0 Å². The van der Waals surface area contributed by atoms with Crippen molar-refractivity contribution in [3.63, 3.8) is 0 Å². The molecule has 9 heteroatoms. The van der Waals surface area contributed by atoms with E-state index in [1.165, 1.54) is 12.1 Å². The minimum Gasteiger partial charge on any atom is -0.477 e. The van der Waals surface area contributed by atoms with Gasteiger partial charge < -0.3 is 19.3 Å². The summed E-state index contributed by atoms with van der Waals surface area (Å²) in [6.45, 7) is 13.5.